The van der Waals surface area contributed by atoms with Crippen LogP contribution in [0.1, 0.15) is 11.1 Å². The number of carboxylic acids is 1. The zero-order valence-corrected chi connectivity index (χ0v) is 22.4. The van der Waals surface area contributed by atoms with Crippen LogP contribution in [0.5, 0.6) is 5.75 Å². The molecule has 2 N–H and O–H groups in total. The third-order valence-corrected chi connectivity index (χ3v) is 7.96. The highest BCUT2D eigenvalue weighted by Crippen LogP contribution is 2.29. The summed E-state index contributed by atoms with van der Waals surface area (Å²) in [5, 5.41) is 11.3. The molecule has 3 rings (SSSR count). The number of alkyl halides is 5. The zero-order chi connectivity index (χ0) is 31.3. The number of piperazine rings is 1. The average Bonchev–Trinajstić information content (AvgIpc) is 2.93. The molecule has 0 spiro atoms. The molecule has 1 saturated heterocycles. The fourth-order valence-electron chi connectivity index (χ4n) is 3.93. The quantitative estimate of drug-likeness (QED) is 0.238. The number of rotatable bonds is 10. The lowest BCUT2D eigenvalue weighted by Crippen LogP contribution is -2.61. The fourth-order valence-corrected chi connectivity index (χ4v) is 5.50. The molecule has 2 aromatic rings. The number of benzene rings is 2. The van der Waals surface area contributed by atoms with Crippen molar-refractivity contribution in [3.63, 3.8) is 0 Å². The van der Waals surface area contributed by atoms with Gasteiger partial charge in [-0.25, -0.2) is 13.2 Å². The van der Waals surface area contributed by atoms with Crippen molar-refractivity contribution in [1.82, 2.24) is 14.5 Å². The lowest BCUT2D eigenvalue weighted by Gasteiger charge is -2.39. The Hall–Kier alpha value is -4.31. The minimum Gasteiger partial charge on any atom is -0.478 e. The summed E-state index contributed by atoms with van der Waals surface area (Å²) in [4.78, 5) is 37.1. The number of nitrogens with one attached hydrogen (secondary N) is 1. The molecule has 1 atom stereocenters. The maximum atomic E-state index is 13.8. The average molecular weight is 618 g/mol. The second-order valence-corrected chi connectivity index (χ2v) is 10.7. The molecule has 2 amide bonds. The molecule has 0 aromatic heterocycles. The number of allylic oxidation sites excluding steroid dienone is 1. The molecule has 0 unspecified atom stereocenters. The van der Waals surface area contributed by atoms with Gasteiger partial charge >= 0.3 is 12.3 Å². The van der Waals surface area contributed by atoms with Gasteiger partial charge in [-0.15, -0.1) is 13.2 Å². The first kappa shape index (κ1) is 32.2. The molecule has 0 radical (unpaired) electrons. The first-order valence-electron chi connectivity index (χ1n) is 12.0. The van der Waals surface area contributed by atoms with Gasteiger partial charge in [-0.1, -0.05) is 30.8 Å². The summed E-state index contributed by atoms with van der Waals surface area (Å²) >= 11 is 0. The highest BCUT2D eigenvalue weighted by atomic mass is 32.2. The fraction of sp³-hybridized carbons (Fsp3) is 0.269. The molecule has 0 saturated carbocycles. The standard InChI is InChI=1S/C26H24F5N3O7S/c1-2-25(27,28)18-5-3-17(4-6-18)15-32-24(38)21-16-33(22(35)11-12-23(36)37)13-14-34(21)42(39,40)20-9-7-19(8-10-20)41-26(29,30)31/h2-12,21H,1,13-16H2,(H,32,38)(H,36,37)/b12-11+/t21-/m1/s1. The number of nitrogens with zero attached hydrogens (tertiary/aromatic N) is 2. The maximum absolute atomic E-state index is 13.8. The number of sulfonamides is 1. The van der Waals surface area contributed by atoms with E-state index < -0.39 is 69.9 Å². The van der Waals surface area contributed by atoms with E-state index in [0.29, 0.717) is 17.7 Å². The van der Waals surface area contributed by atoms with E-state index in [4.69, 9.17) is 5.11 Å². The van der Waals surface area contributed by atoms with Gasteiger partial charge < -0.3 is 20.1 Å². The molecular weight excluding hydrogens is 593 g/mol. The molecule has 226 valence electrons. The molecule has 1 heterocycles. The van der Waals surface area contributed by atoms with Crippen LogP contribution in [0.3, 0.4) is 0 Å². The molecular formula is C26H24F5N3O7S. The van der Waals surface area contributed by atoms with Crippen molar-refractivity contribution in [3.05, 3.63) is 84.5 Å². The first-order valence-corrected chi connectivity index (χ1v) is 13.4. The Morgan fingerprint density at radius 3 is 2.17 bits per heavy atom. The van der Waals surface area contributed by atoms with Crippen molar-refractivity contribution in [2.45, 2.75) is 29.8 Å². The predicted octanol–water partition coefficient (Wildman–Crippen LogP) is 3.02. The first-order chi connectivity index (χ1) is 19.5. The van der Waals surface area contributed by atoms with Crippen LogP contribution < -0.4 is 10.1 Å². The Morgan fingerprint density at radius 1 is 1.00 bits per heavy atom. The number of carboxylic acid groups (broad SMARTS) is 1. The van der Waals surface area contributed by atoms with Crippen LogP contribution in [-0.2, 0) is 36.9 Å². The number of amides is 2. The van der Waals surface area contributed by atoms with E-state index in [2.05, 4.69) is 16.6 Å². The smallest absolute Gasteiger partial charge is 0.478 e. The van der Waals surface area contributed by atoms with Gasteiger partial charge in [0.25, 0.3) is 5.92 Å². The van der Waals surface area contributed by atoms with Crippen molar-refractivity contribution in [1.29, 1.82) is 0 Å². The van der Waals surface area contributed by atoms with Crippen LogP contribution in [0.15, 0.2) is 78.2 Å². The molecule has 1 aliphatic rings. The lowest BCUT2D eigenvalue weighted by molar-refractivity contribution is -0.274. The van der Waals surface area contributed by atoms with Gasteiger partial charge in [0.2, 0.25) is 21.8 Å². The number of carbonyl (C=O) groups excluding carboxylic acids is 2. The highest BCUT2D eigenvalue weighted by Gasteiger charge is 2.41. The van der Waals surface area contributed by atoms with Crippen molar-refractivity contribution in [3.8, 4) is 5.75 Å². The van der Waals surface area contributed by atoms with Gasteiger partial charge in [0.15, 0.2) is 0 Å². The third kappa shape index (κ3) is 8.13. The highest BCUT2D eigenvalue weighted by molar-refractivity contribution is 7.89. The van der Waals surface area contributed by atoms with Gasteiger partial charge in [-0.3, -0.25) is 9.59 Å². The van der Waals surface area contributed by atoms with Crippen LogP contribution >= 0.6 is 0 Å². The van der Waals surface area contributed by atoms with E-state index in [1.165, 1.54) is 12.1 Å². The van der Waals surface area contributed by atoms with E-state index in [1.54, 1.807) is 0 Å². The van der Waals surface area contributed by atoms with Gasteiger partial charge in [0.1, 0.15) is 11.8 Å². The van der Waals surface area contributed by atoms with Crippen LogP contribution in [0.25, 0.3) is 0 Å². The Morgan fingerprint density at radius 2 is 1.62 bits per heavy atom. The molecule has 1 aliphatic heterocycles. The summed E-state index contributed by atoms with van der Waals surface area (Å²) in [5.41, 5.74) is 0.0436. The van der Waals surface area contributed by atoms with E-state index in [0.717, 1.165) is 51.7 Å². The Kier molecular flexibility index (Phi) is 9.73. The largest absolute Gasteiger partial charge is 0.573 e. The van der Waals surface area contributed by atoms with Gasteiger partial charge in [0, 0.05) is 43.9 Å². The van der Waals surface area contributed by atoms with Crippen LogP contribution in [-0.4, -0.2) is 72.6 Å². The van der Waals surface area contributed by atoms with E-state index in [-0.39, 0.29) is 18.7 Å². The second kappa shape index (κ2) is 12.7. The Labute approximate surface area is 236 Å². The van der Waals surface area contributed by atoms with Crippen molar-refractivity contribution < 1.29 is 54.6 Å². The monoisotopic (exact) mass is 617 g/mol. The Balaban J connectivity index is 1.85. The van der Waals surface area contributed by atoms with E-state index >= 15 is 0 Å². The predicted molar refractivity (Wildman–Crippen MR) is 137 cm³/mol. The number of carbonyl (C=O) groups is 3. The van der Waals surface area contributed by atoms with Crippen LogP contribution in [0.2, 0.25) is 0 Å². The summed E-state index contributed by atoms with van der Waals surface area (Å²) in [6.45, 7) is 1.72. The van der Waals surface area contributed by atoms with Crippen molar-refractivity contribution >= 4 is 27.8 Å². The van der Waals surface area contributed by atoms with Crippen molar-refractivity contribution in [2.24, 2.45) is 0 Å². The van der Waals surface area contributed by atoms with E-state index in [1.807, 2.05) is 0 Å². The number of hydrogen-bond acceptors (Lipinski definition) is 6. The summed E-state index contributed by atoms with van der Waals surface area (Å²) in [5.74, 6) is -7.04. The van der Waals surface area contributed by atoms with Gasteiger partial charge in [0.05, 0.1) is 4.90 Å². The topological polar surface area (TPSA) is 133 Å². The number of aliphatic carboxylic acids is 1. The normalized spacial score (nSPS) is 16.7. The summed E-state index contributed by atoms with van der Waals surface area (Å²) in [7, 11) is -4.51. The van der Waals surface area contributed by atoms with Crippen LogP contribution in [0.4, 0.5) is 22.0 Å². The second-order valence-electron chi connectivity index (χ2n) is 8.85. The minimum absolute atomic E-state index is 0.209. The molecule has 0 aliphatic carbocycles. The number of ether oxygens (including phenoxy) is 1. The maximum Gasteiger partial charge on any atom is 0.573 e. The molecule has 2 aromatic carbocycles. The summed E-state index contributed by atoms with van der Waals surface area (Å²) < 4.78 is 96.4. The Bertz CT molecular complexity index is 1460. The molecule has 42 heavy (non-hydrogen) atoms. The van der Waals surface area contributed by atoms with Gasteiger partial charge in [-0.2, -0.15) is 13.1 Å². The SMILES string of the molecule is C=CC(F)(F)c1ccc(CNC(=O)[C@H]2CN(C(=O)/C=C/C(=O)O)CCN2S(=O)(=O)c2ccc(OC(F)(F)F)cc2)cc1. The van der Waals surface area contributed by atoms with E-state index in [9.17, 15) is 44.8 Å². The van der Waals surface area contributed by atoms with Gasteiger partial charge in [-0.05, 0) is 35.9 Å². The third-order valence-electron chi connectivity index (χ3n) is 6.04. The number of halogens is 5. The summed E-state index contributed by atoms with van der Waals surface area (Å²) in [6.07, 6.45) is -3.22. The lowest BCUT2D eigenvalue weighted by atomic mass is 10.1. The molecule has 0 bridgehead atoms. The van der Waals surface area contributed by atoms with Crippen LogP contribution in [0, 0.1) is 0 Å². The molecule has 16 heteroatoms. The number of hydrogen-bond donors (Lipinski definition) is 2. The minimum atomic E-state index is -5.01. The zero-order valence-electron chi connectivity index (χ0n) is 21.6. The summed E-state index contributed by atoms with van der Waals surface area (Å²) in [6, 6.07) is 6.64. The molecule has 10 nitrogen and oxygen atoms in total. The molecule has 1 fully saturated rings. The van der Waals surface area contributed by atoms with Crippen molar-refractivity contribution in [2.75, 3.05) is 19.6 Å².